The lowest BCUT2D eigenvalue weighted by Crippen LogP contribution is -2.49. The maximum atomic E-state index is 12.9. The summed E-state index contributed by atoms with van der Waals surface area (Å²) in [4.78, 5) is 21.7. The molecule has 28 heavy (non-hydrogen) atoms. The summed E-state index contributed by atoms with van der Waals surface area (Å²) in [6.45, 7) is 9.17. The van der Waals surface area contributed by atoms with Gasteiger partial charge in [0, 0.05) is 43.5 Å². The fourth-order valence-corrected chi connectivity index (χ4v) is 3.67. The lowest BCUT2D eigenvalue weighted by Gasteiger charge is -2.35. The maximum Gasteiger partial charge on any atom is 0.256 e. The van der Waals surface area contributed by atoms with Gasteiger partial charge in [0.05, 0.1) is 0 Å². The van der Waals surface area contributed by atoms with Crippen LogP contribution < -0.4 is 4.90 Å². The second-order valence-electron chi connectivity index (χ2n) is 7.43. The lowest BCUT2D eigenvalue weighted by atomic mass is 10.1. The van der Waals surface area contributed by atoms with Gasteiger partial charge in [-0.2, -0.15) is 4.98 Å². The number of carbonyl (C=O) groups excluding carboxylic acids is 1. The van der Waals surface area contributed by atoms with Crippen LogP contribution in [0.5, 0.6) is 0 Å². The molecule has 0 spiro atoms. The quantitative estimate of drug-likeness (QED) is 0.698. The van der Waals surface area contributed by atoms with E-state index in [0.29, 0.717) is 18.9 Å². The predicted octanol–water partition coefficient (Wildman–Crippen LogP) is 2.66. The summed E-state index contributed by atoms with van der Waals surface area (Å²) in [6.07, 6.45) is 3.72. The zero-order valence-electron chi connectivity index (χ0n) is 16.7. The van der Waals surface area contributed by atoms with Gasteiger partial charge in [0.15, 0.2) is 0 Å². The van der Waals surface area contributed by atoms with Gasteiger partial charge in [-0.05, 0) is 43.5 Å². The van der Waals surface area contributed by atoms with Crippen LogP contribution in [0.25, 0.3) is 5.78 Å². The van der Waals surface area contributed by atoms with Crippen LogP contribution in [0, 0.1) is 13.8 Å². The van der Waals surface area contributed by atoms with Crippen molar-refractivity contribution in [2.75, 3.05) is 31.1 Å². The highest BCUT2D eigenvalue weighted by atomic mass is 16.2. The summed E-state index contributed by atoms with van der Waals surface area (Å²) in [5, 5.41) is 8.12. The van der Waals surface area contributed by atoms with E-state index in [1.807, 2.05) is 34.4 Å². The summed E-state index contributed by atoms with van der Waals surface area (Å²) < 4.78 is 1.95. The molecule has 7 heteroatoms. The van der Waals surface area contributed by atoms with Gasteiger partial charge in [-0.15, -0.1) is 10.2 Å². The summed E-state index contributed by atoms with van der Waals surface area (Å²) in [5.74, 6) is 1.66. The van der Waals surface area contributed by atoms with E-state index in [4.69, 9.17) is 0 Å². The van der Waals surface area contributed by atoms with Gasteiger partial charge in [0.2, 0.25) is 0 Å². The van der Waals surface area contributed by atoms with Gasteiger partial charge in [-0.3, -0.25) is 9.20 Å². The van der Waals surface area contributed by atoms with Crippen molar-refractivity contribution in [3.63, 3.8) is 0 Å². The Kier molecular flexibility index (Phi) is 4.98. The average Bonchev–Trinajstić information content (AvgIpc) is 3.19. The Hall–Kier alpha value is -2.96. The molecular weight excluding hydrogens is 352 g/mol. The number of fused-ring (bicyclic) bond motifs is 1. The molecule has 1 amide bonds. The van der Waals surface area contributed by atoms with Crippen molar-refractivity contribution in [2.45, 2.75) is 33.6 Å². The van der Waals surface area contributed by atoms with E-state index < -0.39 is 0 Å². The molecule has 146 valence electrons. The van der Waals surface area contributed by atoms with Crippen LogP contribution in [0.2, 0.25) is 0 Å². The van der Waals surface area contributed by atoms with Crippen molar-refractivity contribution >= 4 is 17.5 Å². The fraction of sp³-hybridized carbons (Fsp3) is 0.429. The number of aromatic nitrogens is 4. The highest BCUT2D eigenvalue weighted by molar-refractivity contribution is 5.94. The Balaban J connectivity index is 1.48. The molecule has 2 aromatic heterocycles. The number of aryl methyl sites for hydroxylation is 3. The third kappa shape index (κ3) is 3.44. The van der Waals surface area contributed by atoms with Crippen molar-refractivity contribution in [1.29, 1.82) is 0 Å². The second-order valence-corrected chi connectivity index (χ2v) is 7.43. The van der Waals surface area contributed by atoms with E-state index in [-0.39, 0.29) is 5.91 Å². The number of hydrogen-bond donors (Lipinski definition) is 0. The van der Waals surface area contributed by atoms with Gasteiger partial charge >= 0.3 is 0 Å². The van der Waals surface area contributed by atoms with Gasteiger partial charge in [0.25, 0.3) is 11.7 Å². The normalized spacial score (nSPS) is 14.7. The molecule has 1 saturated heterocycles. The van der Waals surface area contributed by atoms with E-state index in [2.05, 4.69) is 40.0 Å². The number of hydrogen-bond acceptors (Lipinski definition) is 5. The Labute approximate surface area is 165 Å². The highest BCUT2D eigenvalue weighted by Gasteiger charge is 2.24. The second kappa shape index (κ2) is 7.58. The third-order valence-corrected chi connectivity index (χ3v) is 5.50. The number of amides is 1. The maximum absolute atomic E-state index is 12.9. The third-order valence-electron chi connectivity index (χ3n) is 5.50. The molecule has 3 heterocycles. The summed E-state index contributed by atoms with van der Waals surface area (Å²) >= 11 is 0. The molecule has 0 unspecified atom stereocenters. The van der Waals surface area contributed by atoms with Crippen LogP contribution in [-0.2, 0) is 6.42 Å². The molecule has 0 bridgehead atoms. The van der Waals surface area contributed by atoms with Crippen molar-refractivity contribution in [1.82, 2.24) is 24.5 Å². The van der Waals surface area contributed by atoms with E-state index in [0.717, 1.165) is 42.9 Å². The Morgan fingerprint density at radius 2 is 1.86 bits per heavy atom. The average molecular weight is 378 g/mol. The van der Waals surface area contributed by atoms with Gasteiger partial charge in [0.1, 0.15) is 12.1 Å². The molecular formula is C21H26N6O. The molecule has 3 aromatic rings. The minimum Gasteiger partial charge on any atom is -0.353 e. The lowest BCUT2D eigenvalue weighted by molar-refractivity contribution is 0.0746. The number of nitrogens with zero attached hydrogens (tertiary/aromatic N) is 6. The molecule has 0 atom stereocenters. The molecule has 1 aliphatic rings. The zero-order valence-corrected chi connectivity index (χ0v) is 16.7. The van der Waals surface area contributed by atoms with Crippen molar-refractivity contribution in [3.8, 4) is 0 Å². The Morgan fingerprint density at radius 1 is 1.07 bits per heavy atom. The van der Waals surface area contributed by atoms with E-state index in [1.165, 1.54) is 11.3 Å². The van der Waals surface area contributed by atoms with Crippen molar-refractivity contribution in [2.24, 2.45) is 0 Å². The van der Waals surface area contributed by atoms with Gasteiger partial charge < -0.3 is 9.80 Å². The largest absolute Gasteiger partial charge is 0.353 e. The number of carbonyl (C=O) groups is 1. The number of piperazine rings is 1. The van der Waals surface area contributed by atoms with Crippen LogP contribution in [0.3, 0.4) is 0 Å². The molecule has 4 rings (SSSR count). The number of rotatable bonds is 4. The summed E-state index contributed by atoms with van der Waals surface area (Å²) in [5.41, 5.74) is 4.30. The van der Waals surface area contributed by atoms with Crippen molar-refractivity contribution < 1.29 is 4.79 Å². The minimum absolute atomic E-state index is 0.107. The van der Waals surface area contributed by atoms with E-state index in [1.54, 1.807) is 6.33 Å². The van der Waals surface area contributed by atoms with Crippen LogP contribution in [0.1, 0.15) is 40.5 Å². The molecule has 0 saturated carbocycles. The molecule has 1 aliphatic heterocycles. The monoisotopic (exact) mass is 378 g/mol. The zero-order chi connectivity index (χ0) is 19.7. The standard InChI is InChI=1S/C21H26N6O/c1-4-5-18-13-19(23-21-24-22-14-27(18)21)25-8-10-26(11-9-25)20(28)17-7-6-15(2)16(3)12-17/h6-7,12-14H,4-5,8-11H2,1-3H3. The first-order valence-electron chi connectivity index (χ1n) is 9.88. The van der Waals surface area contributed by atoms with E-state index in [9.17, 15) is 4.79 Å². The first-order chi connectivity index (χ1) is 13.6. The molecule has 0 radical (unpaired) electrons. The Morgan fingerprint density at radius 3 is 2.57 bits per heavy atom. The smallest absolute Gasteiger partial charge is 0.256 e. The minimum atomic E-state index is 0.107. The predicted molar refractivity (Wildman–Crippen MR) is 109 cm³/mol. The summed E-state index contributed by atoms with van der Waals surface area (Å²) in [6, 6.07) is 8.06. The molecule has 1 fully saturated rings. The molecule has 1 aromatic carbocycles. The van der Waals surface area contributed by atoms with Gasteiger partial charge in [-0.25, -0.2) is 0 Å². The molecule has 7 nitrogen and oxygen atoms in total. The summed E-state index contributed by atoms with van der Waals surface area (Å²) in [7, 11) is 0. The van der Waals surface area contributed by atoms with Crippen molar-refractivity contribution in [3.05, 3.63) is 53.0 Å². The highest BCUT2D eigenvalue weighted by Crippen LogP contribution is 2.19. The first-order valence-corrected chi connectivity index (χ1v) is 9.88. The number of anilines is 1. The number of benzene rings is 1. The molecule has 0 N–H and O–H groups in total. The first kappa shape index (κ1) is 18.4. The van der Waals surface area contributed by atoms with Crippen LogP contribution >= 0.6 is 0 Å². The van der Waals surface area contributed by atoms with Crippen LogP contribution in [-0.4, -0.2) is 56.6 Å². The molecule has 0 aliphatic carbocycles. The van der Waals surface area contributed by atoms with Crippen LogP contribution in [0.15, 0.2) is 30.6 Å². The van der Waals surface area contributed by atoms with Crippen LogP contribution in [0.4, 0.5) is 5.82 Å². The SMILES string of the molecule is CCCc1cc(N2CCN(C(=O)c3ccc(C)c(C)c3)CC2)nc2nncn12. The Bertz CT molecular complexity index is 1000. The topological polar surface area (TPSA) is 66.6 Å². The van der Waals surface area contributed by atoms with Gasteiger partial charge in [-0.1, -0.05) is 19.4 Å². The van der Waals surface area contributed by atoms with E-state index >= 15 is 0 Å². The fourth-order valence-electron chi connectivity index (χ4n) is 3.67.